The van der Waals surface area contributed by atoms with Gasteiger partial charge in [-0.05, 0) is 13.3 Å². The highest BCUT2D eigenvalue weighted by Crippen LogP contribution is 2.27. The zero-order valence-electron chi connectivity index (χ0n) is 8.99. The van der Waals surface area contributed by atoms with Gasteiger partial charge >= 0.3 is 0 Å². The van der Waals surface area contributed by atoms with Crippen molar-refractivity contribution in [3.63, 3.8) is 0 Å². The fraction of sp³-hybridized carbons (Fsp3) is 0.700. The molecule has 0 radical (unpaired) electrons. The maximum Gasteiger partial charge on any atom is 0.183 e. The summed E-state index contributed by atoms with van der Waals surface area (Å²) in [5, 5.41) is 0. The molecule has 3 nitrogen and oxygen atoms in total. The first-order chi connectivity index (χ1) is 7.11. The van der Waals surface area contributed by atoms with Crippen molar-refractivity contribution in [2.45, 2.75) is 25.5 Å². The van der Waals surface area contributed by atoms with Crippen LogP contribution in [0.5, 0.6) is 0 Å². The molecule has 1 fully saturated rings. The van der Waals surface area contributed by atoms with Crippen LogP contribution in [-0.4, -0.2) is 35.7 Å². The standard InChI is InChI=1S/C10H15ClN2OS/c1-10(14-2)3-4-13(7-10)6-8-5-12-9(11)15-8/h5H,3-4,6-7H2,1-2H3. The Morgan fingerprint density at radius 1 is 1.73 bits per heavy atom. The zero-order valence-corrected chi connectivity index (χ0v) is 10.6. The molecule has 1 aliphatic heterocycles. The number of hydrogen-bond acceptors (Lipinski definition) is 4. The summed E-state index contributed by atoms with van der Waals surface area (Å²) < 4.78 is 6.12. The highest BCUT2D eigenvalue weighted by Gasteiger charge is 2.33. The Balaban J connectivity index is 1.92. The number of nitrogens with zero attached hydrogens (tertiary/aromatic N) is 2. The first kappa shape index (κ1) is 11.3. The smallest absolute Gasteiger partial charge is 0.183 e. The van der Waals surface area contributed by atoms with E-state index in [1.165, 1.54) is 4.88 Å². The maximum absolute atomic E-state index is 5.79. The van der Waals surface area contributed by atoms with Crippen LogP contribution in [0.25, 0.3) is 0 Å². The van der Waals surface area contributed by atoms with E-state index < -0.39 is 0 Å². The second-order valence-electron chi connectivity index (χ2n) is 4.19. The highest BCUT2D eigenvalue weighted by molar-refractivity contribution is 7.15. The Labute approximate surface area is 99.0 Å². The van der Waals surface area contributed by atoms with E-state index in [9.17, 15) is 0 Å². The van der Waals surface area contributed by atoms with Crippen molar-refractivity contribution in [2.24, 2.45) is 0 Å². The summed E-state index contributed by atoms with van der Waals surface area (Å²) in [5.41, 5.74) is 0.0223. The van der Waals surface area contributed by atoms with Crippen LogP contribution in [0.3, 0.4) is 0 Å². The average molecular weight is 247 g/mol. The van der Waals surface area contributed by atoms with Gasteiger partial charge in [0, 0.05) is 37.8 Å². The van der Waals surface area contributed by atoms with Gasteiger partial charge in [0.25, 0.3) is 0 Å². The predicted octanol–water partition coefficient (Wildman–Crippen LogP) is 2.41. The van der Waals surface area contributed by atoms with Gasteiger partial charge in [-0.25, -0.2) is 4.98 Å². The van der Waals surface area contributed by atoms with Crippen molar-refractivity contribution in [1.82, 2.24) is 9.88 Å². The predicted molar refractivity (Wildman–Crippen MR) is 62.4 cm³/mol. The van der Waals surface area contributed by atoms with Crippen molar-refractivity contribution in [3.05, 3.63) is 15.5 Å². The fourth-order valence-corrected chi connectivity index (χ4v) is 2.92. The monoisotopic (exact) mass is 246 g/mol. The maximum atomic E-state index is 5.79. The first-order valence-corrected chi connectivity index (χ1v) is 6.18. The molecule has 1 saturated heterocycles. The highest BCUT2D eigenvalue weighted by atomic mass is 35.5. The SMILES string of the molecule is COC1(C)CCN(Cc2cnc(Cl)s2)C1. The van der Waals surface area contributed by atoms with Gasteiger partial charge in [-0.1, -0.05) is 11.6 Å². The molecule has 1 unspecified atom stereocenters. The van der Waals surface area contributed by atoms with E-state index in [1.807, 2.05) is 6.20 Å². The number of aromatic nitrogens is 1. The molecular formula is C10H15ClN2OS. The lowest BCUT2D eigenvalue weighted by Crippen LogP contribution is -2.31. The van der Waals surface area contributed by atoms with E-state index in [4.69, 9.17) is 16.3 Å². The van der Waals surface area contributed by atoms with Crippen molar-refractivity contribution in [1.29, 1.82) is 0 Å². The van der Waals surface area contributed by atoms with Gasteiger partial charge in [0.2, 0.25) is 0 Å². The largest absolute Gasteiger partial charge is 0.377 e. The molecule has 2 heterocycles. The average Bonchev–Trinajstić information content (AvgIpc) is 2.76. The summed E-state index contributed by atoms with van der Waals surface area (Å²) in [6.07, 6.45) is 2.95. The number of halogens is 1. The third kappa shape index (κ3) is 2.69. The molecule has 2 rings (SSSR count). The molecule has 15 heavy (non-hydrogen) atoms. The van der Waals surface area contributed by atoms with E-state index in [0.29, 0.717) is 4.47 Å². The van der Waals surface area contributed by atoms with Crippen molar-refractivity contribution in [3.8, 4) is 0 Å². The summed E-state index contributed by atoms with van der Waals surface area (Å²) in [6, 6.07) is 0. The molecule has 84 valence electrons. The minimum atomic E-state index is 0.0223. The van der Waals surface area contributed by atoms with E-state index in [0.717, 1.165) is 26.1 Å². The third-order valence-electron chi connectivity index (χ3n) is 2.91. The van der Waals surface area contributed by atoms with Gasteiger partial charge in [-0.15, -0.1) is 11.3 Å². The van der Waals surface area contributed by atoms with Crippen LogP contribution in [0.4, 0.5) is 0 Å². The van der Waals surface area contributed by atoms with Gasteiger partial charge in [-0.3, -0.25) is 4.90 Å². The van der Waals surface area contributed by atoms with Gasteiger partial charge < -0.3 is 4.74 Å². The molecule has 0 amide bonds. The molecular weight excluding hydrogens is 232 g/mol. The van der Waals surface area contributed by atoms with E-state index >= 15 is 0 Å². The number of ether oxygens (including phenoxy) is 1. The Kier molecular flexibility index (Phi) is 3.30. The Hall–Kier alpha value is -0.160. The topological polar surface area (TPSA) is 25.4 Å². The molecule has 1 aromatic heterocycles. The molecule has 0 bridgehead atoms. The Bertz CT molecular complexity index is 344. The number of likely N-dealkylation sites (tertiary alicyclic amines) is 1. The lowest BCUT2D eigenvalue weighted by atomic mass is 10.1. The summed E-state index contributed by atoms with van der Waals surface area (Å²) >= 11 is 7.35. The zero-order chi connectivity index (χ0) is 10.9. The second-order valence-corrected chi connectivity index (χ2v) is 5.89. The van der Waals surface area contributed by atoms with Crippen molar-refractivity contribution >= 4 is 22.9 Å². The lowest BCUT2D eigenvalue weighted by Gasteiger charge is -2.22. The van der Waals surface area contributed by atoms with Crippen molar-refractivity contribution < 1.29 is 4.74 Å². The van der Waals surface area contributed by atoms with Crippen LogP contribution in [-0.2, 0) is 11.3 Å². The van der Waals surface area contributed by atoms with E-state index in [1.54, 1.807) is 18.4 Å². The molecule has 0 aromatic carbocycles. The van der Waals surface area contributed by atoms with E-state index in [2.05, 4.69) is 16.8 Å². The minimum Gasteiger partial charge on any atom is -0.377 e. The molecule has 1 atom stereocenters. The summed E-state index contributed by atoms with van der Waals surface area (Å²) in [6.45, 7) is 5.16. The van der Waals surface area contributed by atoms with Gasteiger partial charge in [0.15, 0.2) is 4.47 Å². The van der Waals surface area contributed by atoms with Crippen LogP contribution in [0.15, 0.2) is 6.20 Å². The van der Waals surface area contributed by atoms with Crippen LogP contribution in [0.2, 0.25) is 4.47 Å². The molecule has 1 aliphatic rings. The quantitative estimate of drug-likeness (QED) is 0.819. The Morgan fingerprint density at radius 3 is 3.07 bits per heavy atom. The fourth-order valence-electron chi connectivity index (χ4n) is 1.90. The second kappa shape index (κ2) is 4.37. The van der Waals surface area contributed by atoms with Gasteiger partial charge in [0.1, 0.15) is 0 Å². The third-order valence-corrected chi connectivity index (χ3v) is 4.01. The van der Waals surface area contributed by atoms with Crippen LogP contribution < -0.4 is 0 Å². The molecule has 0 N–H and O–H groups in total. The molecule has 5 heteroatoms. The molecule has 0 spiro atoms. The first-order valence-electron chi connectivity index (χ1n) is 4.99. The van der Waals surface area contributed by atoms with Crippen molar-refractivity contribution in [2.75, 3.05) is 20.2 Å². The Morgan fingerprint density at radius 2 is 2.53 bits per heavy atom. The number of hydrogen-bond donors (Lipinski definition) is 0. The van der Waals surface area contributed by atoms with E-state index in [-0.39, 0.29) is 5.60 Å². The van der Waals surface area contributed by atoms with Crippen LogP contribution in [0, 0.1) is 0 Å². The normalized spacial score (nSPS) is 27.4. The van der Waals surface area contributed by atoms with Crippen LogP contribution >= 0.6 is 22.9 Å². The minimum absolute atomic E-state index is 0.0223. The summed E-state index contributed by atoms with van der Waals surface area (Å²) in [7, 11) is 1.78. The molecule has 0 saturated carbocycles. The lowest BCUT2D eigenvalue weighted by molar-refractivity contribution is 0.0143. The van der Waals surface area contributed by atoms with Gasteiger partial charge in [0.05, 0.1) is 5.60 Å². The molecule has 0 aliphatic carbocycles. The van der Waals surface area contributed by atoms with Crippen LogP contribution in [0.1, 0.15) is 18.2 Å². The summed E-state index contributed by atoms with van der Waals surface area (Å²) in [4.78, 5) is 7.65. The summed E-state index contributed by atoms with van der Waals surface area (Å²) in [5.74, 6) is 0. The number of thiazole rings is 1. The van der Waals surface area contributed by atoms with Gasteiger partial charge in [-0.2, -0.15) is 0 Å². The molecule has 1 aromatic rings. The number of rotatable bonds is 3. The number of methoxy groups -OCH3 is 1.